The molecule has 6 nitrogen and oxygen atoms in total. The standard InChI is InChI=1S/C20H19ClN4O2S/c1-14-18(20(27)25(24-14)17-5-3-2-4-6-17)11-22-23-19(26)13-28-12-15-7-9-16(21)10-8-15/h2-11,24H,12-13H2,1H3,(H,23,26)/b22-11+. The molecule has 8 heteroatoms. The molecular weight excluding hydrogens is 396 g/mol. The van der Waals surface area contributed by atoms with Gasteiger partial charge in [-0.2, -0.15) is 5.10 Å². The van der Waals surface area contributed by atoms with E-state index in [-0.39, 0.29) is 17.2 Å². The highest BCUT2D eigenvalue weighted by Gasteiger charge is 2.10. The minimum absolute atomic E-state index is 0.223. The van der Waals surface area contributed by atoms with Gasteiger partial charge in [-0.25, -0.2) is 10.1 Å². The van der Waals surface area contributed by atoms with Crippen LogP contribution >= 0.6 is 23.4 Å². The van der Waals surface area contributed by atoms with Crippen LogP contribution in [-0.2, 0) is 10.5 Å². The molecule has 0 aliphatic heterocycles. The Bertz CT molecular complexity index is 1030. The fourth-order valence-corrected chi connectivity index (χ4v) is 3.42. The highest BCUT2D eigenvalue weighted by molar-refractivity contribution is 7.99. The number of aryl methyl sites for hydroxylation is 1. The highest BCUT2D eigenvalue weighted by Crippen LogP contribution is 2.15. The van der Waals surface area contributed by atoms with Gasteiger partial charge in [0.15, 0.2) is 0 Å². The fraction of sp³-hybridized carbons (Fsp3) is 0.150. The van der Waals surface area contributed by atoms with E-state index >= 15 is 0 Å². The lowest BCUT2D eigenvalue weighted by Gasteiger charge is -2.01. The number of aromatic amines is 1. The molecule has 0 bridgehead atoms. The number of carbonyl (C=O) groups is 1. The summed E-state index contributed by atoms with van der Waals surface area (Å²) < 4.78 is 1.44. The number of rotatable bonds is 7. The first-order valence-corrected chi connectivity index (χ1v) is 10.1. The average Bonchev–Trinajstić information content (AvgIpc) is 2.98. The summed E-state index contributed by atoms with van der Waals surface area (Å²) in [5.74, 6) is 0.736. The Morgan fingerprint density at radius 3 is 2.64 bits per heavy atom. The van der Waals surface area contributed by atoms with Gasteiger partial charge in [0.1, 0.15) is 0 Å². The van der Waals surface area contributed by atoms with Gasteiger partial charge < -0.3 is 0 Å². The molecule has 0 fully saturated rings. The molecule has 3 rings (SSSR count). The van der Waals surface area contributed by atoms with Gasteiger partial charge in [0.2, 0.25) is 5.91 Å². The van der Waals surface area contributed by atoms with E-state index in [1.54, 1.807) is 6.92 Å². The van der Waals surface area contributed by atoms with Crippen molar-refractivity contribution in [1.82, 2.24) is 15.2 Å². The minimum atomic E-state index is -0.230. The van der Waals surface area contributed by atoms with Crippen LogP contribution < -0.4 is 11.0 Å². The molecule has 1 aromatic heterocycles. The molecule has 1 amide bonds. The summed E-state index contributed by atoms with van der Waals surface area (Å²) in [4.78, 5) is 24.4. The second-order valence-corrected chi connectivity index (χ2v) is 7.46. The Morgan fingerprint density at radius 2 is 1.93 bits per heavy atom. The fourth-order valence-electron chi connectivity index (χ4n) is 2.51. The molecule has 1 heterocycles. The second-order valence-electron chi connectivity index (χ2n) is 6.04. The van der Waals surface area contributed by atoms with E-state index in [0.717, 1.165) is 11.3 Å². The Morgan fingerprint density at radius 1 is 1.21 bits per heavy atom. The molecule has 0 spiro atoms. The van der Waals surface area contributed by atoms with Crippen molar-refractivity contribution in [3.05, 3.63) is 86.8 Å². The summed E-state index contributed by atoms with van der Waals surface area (Å²) >= 11 is 7.32. The number of thioether (sulfide) groups is 1. The number of hydrogen-bond acceptors (Lipinski definition) is 4. The zero-order valence-electron chi connectivity index (χ0n) is 15.2. The van der Waals surface area contributed by atoms with Gasteiger partial charge in [0.05, 0.1) is 23.2 Å². The molecule has 0 saturated carbocycles. The normalized spacial score (nSPS) is 11.1. The van der Waals surface area contributed by atoms with Crippen molar-refractivity contribution >= 4 is 35.5 Å². The third kappa shape index (κ3) is 5.15. The number of nitrogens with zero attached hydrogens (tertiary/aromatic N) is 2. The van der Waals surface area contributed by atoms with Gasteiger partial charge in [-0.3, -0.25) is 14.7 Å². The number of para-hydroxylation sites is 1. The summed E-state index contributed by atoms with van der Waals surface area (Å²) in [5.41, 5.74) is 5.13. The number of hydrazone groups is 1. The zero-order chi connectivity index (χ0) is 19.9. The third-order valence-electron chi connectivity index (χ3n) is 3.93. The van der Waals surface area contributed by atoms with Crippen molar-refractivity contribution in [2.45, 2.75) is 12.7 Å². The Kier molecular flexibility index (Phi) is 6.73. The number of nitrogens with one attached hydrogen (secondary N) is 2. The first-order chi connectivity index (χ1) is 13.5. The summed E-state index contributed by atoms with van der Waals surface area (Å²) in [6.45, 7) is 1.78. The molecule has 0 aliphatic carbocycles. The third-order valence-corrected chi connectivity index (χ3v) is 5.19. The van der Waals surface area contributed by atoms with Crippen molar-refractivity contribution in [2.75, 3.05) is 5.75 Å². The van der Waals surface area contributed by atoms with Gasteiger partial charge in [0, 0.05) is 16.5 Å². The monoisotopic (exact) mass is 414 g/mol. The largest absolute Gasteiger partial charge is 0.295 e. The lowest BCUT2D eigenvalue weighted by Crippen LogP contribution is -2.21. The van der Waals surface area contributed by atoms with Crippen LogP contribution in [0.2, 0.25) is 5.02 Å². The predicted octanol–water partition coefficient (Wildman–Crippen LogP) is 3.51. The smallest absolute Gasteiger partial charge is 0.280 e. The summed E-state index contributed by atoms with van der Waals surface area (Å²) in [6, 6.07) is 16.8. The topological polar surface area (TPSA) is 79.2 Å². The van der Waals surface area contributed by atoms with Crippen molar-refractivity contribution in [1.29, 1.82) is 0 Å². The number of halogens is 1. The summed E-state index contributed by atoms with van der Waals surface area (Å²) in [7, 11) is 0. The van der Waals surface area contributed by atoms with E-state index in [4.69, 9.17) is 11.6 Å². The van der Waals surface area contributed by atoms with E-state index in [9.17, 15) is 9.59 Å². The lowest BCUT2D eigenvalue weighted by atomic mass is 10.2. The van der Waals surface area contributed by atoms with Gasteiger partial charge in [0.25, 0.3) is 5.56 Å². The number of hydrogen-bond donors (Lipinski definition) is 2. The summed E-state index contributed by atoms with van der Waals surface area (Å²) in [5, 5.41) is 7.62. The number of aromatic nitrogens is 2. The van der Waals surface area contributed by atoms with Crippen molar-refractivity contribution in [3.8, 4) is 5.69 Å². The molecule has 144 valence electrons. The number of H-pyrrole nitrogens is 1. The van der Waals surface area contributed by atoms with E-state index in [2.05, 4.69) is 15.6 Å². The number of carbonyl (C=O) groups excluding carboxylic acids is 1. The van der Waals surface area contributed by atoms with Crippen molar-refractivity contribution in [3.63, 3.8) is 0 Å². The first kappa shape index (κ1) is 20.0. The number of amides is 1. The maximum absolute atomic E-state index is 12.5. The van der Waals surface area contributed by atoms with Gasteiger partial charge in [-0.1, -0.05) is 41.9 Å². The van der Waals surface area contributed by atoms with Crippen LogP contribution in [0, 0.1) is 6.92 Å². The lowest BCUT2D eigenvalue weighted by molar-refractivity contribution is -0.118. The molecule has 0 aliphatic rings. The van der Waals surface area contributed by atoms with Crippen molar-refractivity contribution < 1.29 is 4.79 Å². The van der Waals surface area contributed by atoms with E-state index in [0.29, 0.717) is 22.0 Å². The molecule has 28 heavy (non-hydrogen) atoms. The first-order valence-electron chi connectivity index (χ1n) is 8.56. The molecule has 0 atom stereocenters. The predicted molar refractivity (Wildman–Crippen MR) is 114 cm³/mol. The highest BCUT2D eigenvalue weighted by atomic mass is 35.5. The summed E-state index contributed by atoms with van der Waals surface area (Å²) in [6.07, 6.45) is 1.37. The Labute approximate surface area is 171 Å². The maximum Gasteiger partial charge on any atom is 0.280 e. The average molecular weight is 415 g/mol. The van der Waals surface area contributed by atoms with Gasteiger partial charge in [-0.15, -0.1) is 11.8 Å². The molecule has 3 aromatic rings. The molecular formula is C20H19ClN4O2S. The van der Waals surface area contributed by atoms with Crippen LogP contribution in [0.3, 0.4) is 0 Å². The van der Waals surface area contributed by atoms with Crippen LogP contribution in [0.4, 0.5) is 0 Å². The molecule has 0 radical (unpaired) electrons. The molecule has 2 N–H and O–H groups in total. The van der Waals surface area contributed by atoms with Gasteiger partial charge in [-0.05, 0) is 36.8 Å². The quantitative estimate of drug-likeness (QED) is 0.458. The van der Waals surface area contributed by atoms with Crippen LogP contribution in [0.5, 0.6) is 0 Å². The SMILES string of the molecule is Cc1[nH]n(-c2ccccc2)c(=O)c1/C=N/NC(=O)CSCc1ccc(Cl)cc1. The molecule has 2 aromatic carbocycles. The molecule has 0 unspecified atom stereocenters. The maximum atomic E-state index is 12.5. The Balaban J connectivity index is 1.54. The van der Waals surface area contributed by atoms with Gasteiger partial charge >= 0.3 is 0 Å². The number of benzene rings is 2. The Hall–Kier alpha value is -2.77. The van der Waals surface area contributed by atoms with Crippen LogP contribution in [0.25, 0.3) is 5.69 Å². The van der Waals surface area contributed by atoms with E-state index in [1.807, 2.05) is 54.6 Å². The van der Waals surface area contributed by atoms with Crippen LogP contribution in [-0.4, -0.2) is 27.7 Å². The minimum Gasteiger partial charge on any atom is -0.295 e. The van der Waals surface area contributed by atoms with Crippen molar-refractivity contribution in [2.24, 2.45) is 5.10 Å². The van der Waals surface area contributed by atoms with E-state index < -0.39 is 0 Å². The van der Waals surface area contributed by atoms with Crippen LogP contribution in [0.1, 0.15) is 16.8 Å². The zero-order valence-corrected chi connectivity index (χ0v) is 16.8. The molecule has 0 saturated heterocycles. The van der Waals surface area contributed by atoms with E-state index in [1.165, 1.54) is 22.7 Å². The van der Waals surface area contributed by atoms with Crippen LogP contribution in [0.15, 0.2) is 64.5 Å². The second kappa shape index (κ2) is 9.43.